The van der Waals surface area contributed by atoms with Gasteiger partial charge < -0.3 is 8.98 Å². The third kappa shape index (κ3) is 5.37. The van der Waals surface area contributed by atoms with Crippen molar-refractivity contribution in [1.82, 2.24) is 19.5 Å². The molecule has 56 heavy (non-hydrogen) atoms. The van der Waals surface area contributed by atoms with Crippen molar-refractivity contribution in [3.05, 3.63) is 194 Å². The van der Waals surface area contributed by atoms with E-state index in [1.807, 2.05) is 42.5 Å². The molecule has 0 fully saturated rings. The molecule has 5 nitrogen and oxygen atoms in total. The normalized spacial score (nSPS) is 11.6. The van der Waals surface area contributed by atoms with E-state index in [1.165, 1.54) is 0 Å². The number of furan rings is 1. The Labute approximate surface area is 322 Å². The highest BCUT2D eigenvalue weighted by molar-refractivity contribution is 6.14. The lowest BCUT2D eigenvalue weighted by atomic mass is 10.0. The fourth-order valence-corrected chi connectivity index (χ4v) is 7.99. The van der Waals surface area contributed by atoms with E-state index < -0.39 is 0 Å². The zero-order chi connectivity index (χ0) is 37.0. The number of fused-ring (bicyclic) bond motifs is 6. The summed E-state index contributed by atoms with van der Waals surface area (Å²) in [5, 5.41) is 4.42. The van der Waals surface area contributed by atoms with Crippen LogP contribution in [0.4, 0.5) is 0 Å². The van der Waals surface area contributed by atoms with E-state index in [4.69, 9.17) is 19.4 Å². The molecule has 0 spiro atoms. The van der Waals surface area contributed by atoms with Crippen molar-refractivity contribution >= 4 is 43.7 Å². The van der Waals surface area contributed by atoms with Gasteiger partial charge >= 0.3 is 0 Å². The van der Waals surface area contributed by atoms with E-state index >= 15 is 0 Å². The minimum atomic E-state index is 0.608. The number of benzene rings is 8. The molecule has 0 unspecified atom stereocenters. The Morgan fingerprint density at radius 1 is 0.339 bits per heavy atom. The first kappa shape index (κ1) is 31.9. The molecule has 262 valence electrons. The summed E-state index contributed by atoms with van der Waals surface area (Å²) in [4.78, 5) is 15.5. The maximum atomic E-state index is 6.47. The minimum Gasteiger partial charge on any atom is -0.456 e. The Kier molecular flexibility index (Phi) is 7.42. The predicted molar refractivity (Wildman–Crippen MR) is 229 cm³/mol. The standard InChI is InChI=1S/C51H32N4O/c1-4-14-33(15-5-1)36-20-12-21-38(30-36)50-52-49(35-18-8-3-9-19-35)53-51(54-50)43-24-13-23-42-40-22-10-11-25-45(40)55(48(42)43)39-27-29-46-44(32-39)41-28-26-37(31-47(41)56-46)34-16-6-2-7-17-34/h1-32H. The van der Waals surface area contributed by atoms with Crippen molar-refractivity contribution in [3.63, 3.8) is 0 Å². The molecule has 0 aliphatic carbocycles. The molecule has 0 amide bonds. The van der Waals surface area contributed by atoms with Gasteiger partial charge in [0, 0.05) is 43.9 Å². The summed E-state index contributed by atoms with van der Waals surface area (Å²) in [5.41, 5.74) is 12.2. The monoisotopic (exact) mass is 716 g/mol. The Balaban J connectivity index is 1.13. The topological polar surface area (TPSA) is 56.7 Å². The molecule has 0 aliphatic rings. The molecule has 0 radical (unpaired) electrons. The number of nitrogens with zero attached hydrogens (tertiary/aromatic N) is 4. The van der Waals surface area contributed by atoms with Crippen LogP contribution in [-0.4, -0.2) is 19.5 Å². The predicted octanol–water partition coefficient (Wildman–Crippen LogP) is 13.2. The first-order valence-electron chi connectivity index (χ1n) is 18.8. The third-order valence-electron chi connectivity index (χ3n) is 10.7. The van der Waals surface area contributed by atoms with Gasteiger partial charge in [0.15, 0.2) is 17.5 Å². The molecule has 11 aromatic rings. The van der Waals surface area contributed by atoms with Crippen LogP contribution in [0.5, 0.6) is 0 Å². The number of hydrogen-bond donors (Lipinski definition) is 0. The molecule has 3 heterocycles. The second-order valence-electron chi connectivity index (χ2n) is 14.0. The highest BCUT2D eigenvalue weighted by Crippen LogP contribution is 2.40. The summed E-state index contributed by atoms with van der Waals surface area (Å²) in [6.45, 7) is 0. The third-order valence-corrected chi connectivity index (χ3v) is 10.7. The lowest BCUT2D eigenvalue weighted by Gasteiger charge is -2.13. The summed E-state index contributed by atoms with van der Waals surface area (Å²) < 4.78 is 8.81. The van der Waals surface area contributed by atoms with Crippen LogP contribution in [0.2, 0.25) is 0 Å². The van der Waals surface area contributed by atoms with Crippen LogP contribution < -0.4 is 0 Å². The van der Waals surface area contributed by atoms with Gasteiger partial charge in [-0.05, 0) is 70.8 Å². The number of hydrogen-bond acceptors (Lipinski definition) is 4. The Morgan fingerprint density at radius 2 is 0.929 bits per heavy atom. The molecule has 5 heteroatoms. The molecule has 0 saturated heterocycles. The van der Waals surface area contributed by atoms with Gasteiger partial charge in [0.05, 0.1) is 11.0 Å². The van der Waals surface area contributed by atoms with Crippen molar-refractivity contribution in [2.24, 2.45) is 0 Å². The molecule has 8 aromatic carbocycles. The fourth-order valence-electron chi connectivity index (χ4n) is 7.99. The Hall–Kier alpha value is -7.63. The molecule has 0 aliphatic heterocycles. The summed E-state index contributed by atoms with van der Waals surface area (Å²) in [5.74, 6) is 1.85. The van der Waals surface area contributed by atoms with E-state index in [2.05, 4.69) is 156 Å². The van der Waals surface area contributed by atoms with Gasteiger partial charge in [-0.15, -0.1) is 0 Å². The van der Waals surface area contributed by atoms with Gasteiger partial charge in [-0.25, -0.2) is 15.0 Å². The van der Waals surface area contributed by atoms with E-state index in [0.717, 1.165) is 88.4 Å². The van der Waals surface area contributed by atoms with Crippen LogP contribution in [0.15, 0.2) is 199 Å². The van der Waals surface area contributed by atoms with Crippen LogP contribution in [0.3, 0.4) is 0 Å². The molecular formula is C51H32N4O. The fraction of sp³-hybridized carbons (Fsp3) is 0. The maximum Gasteiger partial charge on any atom is 0.166 e. The largest absolute Gasteiger partial charge is 0.456 e. The van der Waals surface area contributed by atoms with Crippen molar-refractivity contribution in [2.75, 3.05) is 0 Å². The molecule has 0 bridgehead atoms. The average Bonchev–Trinajstić information content (AvgIpc) is 3.82. The summed E-state index contributed by atoms with van der Waals surface area (Å²) in [6.07, 6.45) is 0. The molecule has 0 saturated carbocycles. The molecule has 0 atom stereocenters. The second-order valence-corrected chi connectivity index (χ2v) is 14.0. The van der Waals surface area contributed by atoms with Gasteiger partial charge in [-0.1, -0.05) is 146 Å². The quantitative estimate of drug-likeness (QED) is 0.172. The van der Waals surface area contributed by atoms with E-state index in [9.17, 15) is 0 Å². The van der Waals surface area contributed by atoms with Crippen LogP contribution in [0.25, 0.3) is 106 Å². The van der Waals surface area contributed by atoms with Gasteiger partial charge in [0.1, 0.15) is 11.2 Å². The molecule has 0 N–H and O–H groups in total. The summed E-state index contributed by atoms with van der Waals surface area (Å²) in [7, 11) is 0. The summed E-state index contributed by atoms with van der Waals surface area (Å²) in [6, 6.07) is 67.4. The average molecular weight is 717 g/mol. The van der Waals surface area contributed by atoms with Gasteiger partial charge in [0.25, 0.3) is 0 Å². The lowest BCUT2D eigenvalue weighted by molar-refractivity contribution is 0.669. The van der Waals surface area contributed by atoms with Crippen molar-refractivity contribution in [3.8, 4) is 62.1 Å². The van der Waals surface area contributed by atoms with Crippen LogP contribution in [0, 0.1) is 0 Å². The van der Waals surface area contributed by atoms with Crippen LogP contribution >= 0.6 is 0 Å². The second kappa shape index (κ2) is 13.0. The van der Waals surface area contributed by atoms with Crippen molar-refractivity contribution in [2.45, 2.75) is 0 Å². The Bertz CT molecular complexity index is 3240. The van der Waals surface area contributed by atoms with Crippen molar-refractivity contribution in [1.29, 1.82) is 0 Å². The smallest absolute Gasteiger partial charge is 0.166 e. The van der Waals surface area contributed by atoms with Crippen molar-refractivity contribution < 1.29 is 4.42 Å². The Morgan fingerprint density at radius 3 is 1.70 bits per heavy atom. The first-order chi connectivity index (χ1) is 27.7. The zero-order valence-corrected chi connectivity index (χ0v) is 30.2. The van der Waals surface area contributed by atoms with E-state index in [-0.39, 0.29) is 0 Å². The maximum absolute atomic E-state index is 6.47. The number of rotatable bonds is 6. The van der Waals surface area contributed by atoms with Gasteiger partial charge in [0.2, 0.25) is 0 Å². The first-order valence-corrected chi connectivity index (χ1v) is 18.8. The van der Waals surface area contributed by atoms with Gasteiger partial charge in [-0.3, -0.25) is 0 Å². The van der Waals surface area contributed by atoms with E-state index in [0.29, 0.717) is 17.5 Å². The number of para-hydroxylation sites is 2. The SMILES string of the molecule is c1ccc(-c2cccc(-c3nc(-c4ccccc4)nc(-c4cccc5c6ccccc6n(-c6ccc7oc8cc(-c9ccccc9)ccc8c7c6)c45)n3)c2)cc1. The van der Waals surface area contributed by atoms with E-state index in [1.54, 1.807) is 0 Å². The minimum absolute atomic E-state index is 0.608. The lowest BCUT2D eigenvalue weighted by Crippen LogP contribution is -2.02. The number of aromatic nitrogens is 4. The highest BCUT2D eigenvalue weighted by Gasteiger charge is 2.21. The highest BCUT2D eigenvalue weighted by atomic mass is 16.3. The zero-order valence-electron chi connectivity index (χ0n) is 30.2. The van der Waals surface area contributed by atoms with Crippen LogP contribution in [0.1, 0.15) is 0 Å². The molecular weight excluding hydrogens is 685 g/mol. The van der Waals surface area contributed by atoms with Crippen LogP contribution in [-0.2, 0) is 0 Å². The van der Waals surface area contributed by atoms with Gasteiger partial charge in [-0.2, -0.15) is 0 Å². The molecule has 11 rings (SSSR count). The summed E-state index contributed by atoms with van der Waals surface area (Å²) >= 11 is 0. The molecule has 3 aromatic heterocycles.